The monoisotopic (exact) mass is 488 g/mol. The second-order valence-corrected chi connectivity index (χ2v) is 9.11. The number of aromatic amines is 1. The fourth-order valence-electron chi connectivity index (χ4n) is 5.00. The topological polar surface area (TPSA) is 87.1 Å². The average Bonchev–Trinajstić information content (AvgIpc) is 3.39. The van der Waals surface area contributed by atoms with Crippen LogP contribution in [0, 0.1) is 5.82 Å². The molecule has 2 aromatic heterocycles. The van der Waals surface area contributed by atoms with E-state index >= 15 is 0 Å². The predicted molar refractivity (Wildman–Crippen MR) is 137 cm³/mol. The van der Waals surface area contributed by atoms with Crippen molar-refractivity contribution < 1.29 is 9.18 Å². The molecular formula is C27H29FN6O2. The SMILES string of the molecule is CCN(CC)[C@H]1CCCN(C(=O)c2ccc(-n3cc(-c4cc5cc(F)ccc5[nH]c4=O)nn3)cc2)C1. The van der Waals surface area contributed by atoms with Crippen molar-refractivity contribution >= 4 is 16.8 Å². The highest BCUT2D eigenvalue weighted by atomic mass is 19.1. The molecule has 1 atom stereocenters. The lowest BCUT2D eigenvalue weighted by atomic mass is 10.0. The van der Waals surface area contributed by atoms with Gasteiger partial charge in [0, 0.05) is 35.6 Å². The number of aromatic nitrogens is 4. The second kappa shape index (κ2) is 10.0. The van der Waals surface area contributed by atoms with Gasteiger partial charge in [0.25, 0.3) is 11.5 Å². The number of halogens is 1. The number of pyridine rings is 1. The van der Waals surface area contributed by atoms with Gasteiger partial charge in [0.1, 0.15) is 11.5 Å². The van der Waals surface area contributed by atoms with Crippen molar-refractivity contribution in [2.24, 2.45) is 0 Å². The molecule has 1 N–H and O–H groups in total. The minimum atomic E-state index is -0.382. The maximum atomic E-state index is 13.6. The number of fused-ring (bicyclic) bond motifs is 1. The summed E-state index contributed by atoms with van der Waals surface area (Å²) >= 11 is 0. The van der Waals surface area contributed by atoms with Gasteiger partial charge in [0.2, 0.25) is 0 Å². The molecule has 8 nitrogen and oxygen atoms in total. The summed E-state index contributed by atoms with van der Waals surface area (Å²) in [5, 5.41) is 8.87. The molecule has 1 saturated heterocycles. The van der Waals surface area contributed by atoms with E-state index < -0.39 is 0 Å². The van der Waals surface area contributed by atoms with Crippen molar-refractivity contribution in [3.05, 3.63) is 76.5 Å². The molecule has 0 unspecified atom stereocenters. The fraction of sp³-hybridized carbons (Fsp3) is 0.333. The molecule has 186 valence electrons. The number of nitrogens with one attached hydrogen (secondary N) is 1. The van der Waals surface area contributed by atoms with Gasteiger partial charge in [-0.15, -0.1) is 5.10 Å². The molecule has 9 heteroatoms. The minimum absolute atomic E-state index is 0.0348. The van der Waals surface area contributed by atoms with Crippen molar-refractivity contribution in [1.82, 2.24) is 29.8 Å². The van der Waals surface area contributed by atoms with Crippen LogP contribution in [0.2, 0.25) is 0 Å². The van der Waals surface area contributed by atoms with Gasteiger partial charge in [0.15, 0.2) is 0 Å². The number of hydrogen-bond acceptors (Lipinski definition) is 5. The highest BCUT2D eigenvalue weighted by Crippen LogP contribution is 2.21. The van der Waals surface area contributed by atoms with Crippen LogP contribution in [0.4, 0.5) is 4.39 Å². The fourth-order valence-corrected chi connectivity index (χ4v) is 5.00. The normalized spacial score (nSPS) is 16.1. The first-order valence-corrected chi connectivity index (χ1v) is 12.4. The lowest BCUT2D eigenvalue weighted by Crippen LogP contribution is -2.49. The number of hydrogen-bond donors (Lipinski definition) is 1. The Morgan fingerprint density at radius 2 is 1.92 bits per heavy atom. The van der Waals surface area contributed by atoms with Gasteiger partial charge in [0.05, 0.1) is 17.4 Å². The summed E-state index contributed by atoms with van der Waals surface area (Å²) in [6.45, 7) is 7.82. The smallest absolute Gasteiger partial charge is 0.258 e. The minimum Gasteiger partial charge on any atom is -0.337 e. The maximum absolute atomic E-state index is 13.6. The van der Waals surface area contributed by atoms with Crippen molar-refractivity contribution in [2.75, 3.05) is 26.2 Å². The zero-order chi connectivity index (χ0) is 25.2. The molecule has 2 aromatic carbocycles. The van der Waals surface area contributed by atoms with Crippen molar-refractivity contribution in [2.45, 2.75) is 32.7 Å². The Bertz CT molecular complexity index is 1440. The third-order valence-electron chi connectivity index (χ3n) is 6.97. The number of benzene rings is 2. The molecule has 0 radical (unpaired) electrons. The standard InChI is InChI=1S/C27H29FN6O2/c1-3-32(4-2)22-6-5-13-33(16-22)27(36)18-7-10-21(11-8-18)34-17-25(30-31-34)23-15-19-14-20(28)9-12-24(19)29-26(23)35/h7-12,14-15,17,22H,3-6,13,16H2,1-2H3,(H,29,35)/t22-/m0/s1. The Morgan fingerprint density at radius 1 is 1.14 bits per heavy atom. The largest absolute Gasteiger partial charge is 0.337 e. The number of rotatable bonds is 6. The Balaban J connectivity index is 1.34. The number of H-pyrrole nitrogens is 1. The van der Waals surface area contributed by atoms with E-state index in [-0.39, 0.29) is 17.3 Å². The quantitative estimate of drug-likeness (QED) is 0.445. The average molecular weight is 489 g/mol. The first-order chi connectivity index (χ1) is 17.5. The highest BCUT2D eigenvalue weighted by Gasteiger charge is 2.27. The lowest BCUT2D eigenvalue weighted by Gasteiger charge is -2.38. The molecule has 36 heavy (non-hydrogen) atoms. The van der Waals surface area contributed by atoms with E-state index in [9.17, 15) is 14.0 Å². The summed E-state index contributed by atoms with van der Waals surface area (Å²) in [5.74, 6) is -0.348. The first-order valence-electron chi connectivity index (χ1n) is 12.4. The van der Waals surface area contributed by atoms with E-state index in [0.29, 0.717) is 39.5 Å². The van der Waals surface area contributed by atoms with Gasteiger partial charge in [-0.05, 0) is 74.5 Å². The molecular weight excluding hydrogens is 459 g/mol. The zero-order valence-electron chi connectivity index (χ0n) is 20.4. The molecule has 3 heterocycles. The van der Waals surface area contributed by atoms with Crippen molar-refractivity contribution in [3.8, 4) is 16.9 Å². The van der Waals surface area contributed by atoms with Gasteiger partial charge < -0.3 is 9.88 Å². The molecule has 1 amide bonds. The van der Waals surface area contributed by atoms with Crippen molar-refractivity contribution in [3.63, 3.8) is 0 Å². The van der Waals surface area contributed by atoms with Gasteiger partial charge in [-0.1, -0.05) is 19.1 Å². The Kier molecular flexibility index (Phi) is 6.65. The maximum Gasteiger partial charge on any atom is 0.258 e. The van der Waals surface area contributed by atoms with Crippen molar-refractivity contribution in [1.29, 1.82) is 0 Å². The zero-order valence-corrected chi connectivity index (χ0v) is 20.4. The number of piperidine rings is 1. The molecule has 0 aliphatic carbocycles. The van der Waals surface area contributed by atoms with Crippen LogP contribution in [-0.4, -0.2) is 67.9 Å². The van der Waals surface area contributed by atoms with E-state index in [1.165, 1.54) is 18.2 Å². The van der Waals surface area contributed by atoms with Gasteiger partial charge in [-0.25, -0.2) is 9.07 Å². The second-order valence-electron chi connectivity index (χ2n) is 9.11. The Hall–Kier alpha value is -3.85. The predicted octanol–water partition coefficient (Wildman–Crippen LogP) is 3.86. The van der Waals surface area contributed by atoms with E-state index in [4.69, 9.17) is 0 Å². The van der Waals surface area contributed by atoms with Crippen LogP contribution in [-0.2, 0) is 0 Å². The summed E-state index contributed by atoms with van der Waals surface area (Å²) in [5.41, 5.74) is 2.25. The summed E-state index contributed by atoms with van der Waals surface area (Å²) in [6.07, 6.45) is 3.77. The third-order valence-corrected chi connectivity index (χ3v) is 6.97. The molecule has 1 fully saturated rings. The molecule has 5 rings (SSSR count). The van der Waals surface area contributed by atoms with Crippen LogP contribution in [0.25, 0.3) is 27.8 Å². The molecule has 1 aliphatic heterocycles. The van der Waals surface area contributed by atoms with Crippen LogP contribution in [0.15, 0.2) is 59.5 Å². The van der Waals surface area contributed by atoms with E-state index in [2.05, 4.69) is 34.0 Å². The number of likely N-dealkylation sites (tertiary alicyclic amines) is 1. The van der Waals surface area contributed by atoms with E-state index in [1.807, 2.05) is 17.0 Å². The summed E-state index contributed by atoms with van der Waals surface area (Å²) in [7, 11) is 0. The van der Waals surface area contributed by atoms with Crippen LogP contribution in [0.3, 0.4) is 0 Å². The number of amides is 1. The van der Waals surface area contributed by atoms with Gasteiger partial charge in [-0.2, -0.15) is 0 Å². The summed E-state index contributed by atoms with van der Waals surface area (Å²) in [6, 6.07) is 13.4. The summed E-state index contributed by atoms with van der Waals surface area (Å²) in [4.78, 5) is 32.8. The number of likely N-dealkylation sites (N-methyl/N-ethyl adjacent to an activating group) is 1. The molecule has 4 aromatic rings. The Labute approximate surface area is 208 Å². The number of nitrogens with zero attached hydrogens (tertiary/aromatic N) is 5. The molecule has 0 saturated carbocycles. The molecule has 1 aliphatic rings. The molecule has 0 bridgehead atoms. The van der Waals surface area contributed by atoms with Crippen LogP contribution in [0.5, 0.6) is 0 Å². The number of carbonyl (C=O) groups is 1. The van der Waals surface area contributed by atoms with Gasteiger partial charge in [-0.3, -0.25) is 14.5 Å². The molecule has 0 spiro atoms. The van der Waals surface area contributed by atoms with Crippen LogP contribution >= 0.6 is 0 Å². The van der Waals surface area contributed by atoms with Crippen LogP contribution < -0.4 is 5.56 Å². The summed E-state index contributed by atoms with van der Waals surface area (Å²) < 4.78 is 15.2. The van der Waals surface area contributed by atoms with Gasteiger partial charge >= 0.3 is 0 Å². The lowest BCUT2D eigenvalue weighted by molar-refractivity contribution is 0.0589. The van der Waals surface area contributed by atoms with E-state index in [1.54, 1.807) is 29.1 Å². The van der Waals surface area contributed by atoms with Crippen LogP contribution in [0.1, 0.15) is 37.0 Å². The van der Waals surface area contributed by atoms with E-state index in [0.717, 1.165) is 39.0 Å². The third kappa shape index (κ3) is 4.66. The highest BCUT2D eigenvalue weighted by molar-refractivity contribution is 5.94. The Morgan fingerprint density at radius 3 is 2.67 bits per heavy atom. The first kappa shape index (κ1) is 23.9. The number of carbonyl (C=O) groups excluding carboxylic acids is 1.